The van der Waals surface area contributed by atoms with E-state index in [1.54, 1.807) is 0 Å². The topological polar surface area (TPSA) is 25.8 Å². The van der Waals surface area contributed by atoms with E-state index in [1.165, 1.54) is 71.3 Å². The van der Waals surface area contributed by atoms with Gasteiger partial charge in [-0.05, 0) is 89.0 Å². The molecule has 280 valence electrons. The normalized spacial score (nSPS) is 11.3. The third-order valence-corrected chi connectivity index (χ3v) is 11.7. The van der Waals surface area contributed by atoms with Crippen LogP contribution in [0.3, 0.4) is 0 Å². The van der Waals surface area contributed by atoms with Crippen LogP contribution in [0.1, 0.15) is 0 Å². The van der Waals surface area contributed by atoms with Gasteiger partial charge >= 0.3 is 0 Å². The summed E-state index contributed by atoms with van der Waals surface area (Å²) in [5.74, 6) is 0.706. The molecule has 0 spiro atoms. The van der Waals surface area contributed by atoms with E-state index >= 15 is 0 Å². The molecule has 10 aromatic carbocycles. The highest BCUT2D eigenvalue weighted by Gasteiger charge is 2.14. The van der Waals surface area contributed by atoms with Gasteiger partial charge in [0.2, 0.25) is 0 Å². The molecule has 0 amide bonds. The average molecular weight is 763 g/mol. The minimum atomic E-state index is 0.706. The van der Waals surface area contributed by atoms with Crippen molar-refractivity contribution in [3.05, 3.63) is 231 Å². The van der Waals surface area contributed by atoms with Crippen LogP contribution in [0, 0.1) is 0 Å². The van der Waals surface area contributed by atoms with Crippen LogP contribution in [0.5, 0.6) is 0 Å². The first-order chi connectivity index (χ1) is 29.7. The summed E-state index contributed by atoms with van der Waals surface area (Å²) in [6.07, 6.45) is 0. The van der Waals surface area contributed by atoms with Crippen molar-refractivity contribution in [1.29, 1.82) is 0 Å². The first-order valence-corrected chi connectivity index (χ1v) is 20.5. The Morgan fingerprint density at radius 2 is 0.617 bits per heavy atom. The highest BCUT2D eigenvalue weighted by molar-refractivity contribution is 6.20. The Balaban J connectivity index is 0.907. The number of aromatic nitrogens is 2. The van der Waals surface area contributed by atoms with Crippen molar-refractivity contribution in [2.24, 2.45) is 0 Å². The zero-order chi connectivity index (χ0) is 39.8. The predicted molar refractivity (Wildman–Crippen MR) is 253 cm³/mol. The molecule has 0 atom stereocenters. The standard InChI is InChI=1S/C58H38N2/c1-3-11-39(12-4-1)40-19-21-41(22-20-40)42-23-29-46(30-24-42)55-38-56(60-58(59-55)49-14-5-2-6-15-49)47-31-25-43(26-32-47)44-27-33-48(34-28-44)57-52-18-10-8-16-50(52)37-54-51-17-9-7-13-45(51)35-36-53(54)57/h1-38H. The average Bonchev–Trinajstić information content (AvgIpc) is 3.34. The Morgan fingerprint density at radius 3 is 1.15 bits per heavy atom. The van der Waals surface area contributed by atoms with Crippen LogP contribution < -0.4 is 0 Å². The molecule has 0 aliphatic rings. The van der Waals surface area contributed by atoms with Crippen LogP contribution in [0.15, 0.2) is 231 Å². The maximum Gasteiger partial charge on any atom is 0.160 e. The maximum absolute atomic E-state index is 5.10. The SMILES string of the molecule is c1ccc(-c2ccc(-c3ccc(-c4cc(-c5ccc(-c6ccc(-c7c8ccccc8cc8c7ccc7ccccc78)cc6)cc5)nc(-c5ccccc5)n4)cc3)cc2)cc1. The van der Waals surface area contributed by atoms with Crippen molar-refractivity contribution >= 4 is 32.3 Å². The van der Waals surface area contributed by atoms with Gasteiger partial charge in [-0.15, -0.1) is 0 Å². The van der Waals surface area contributed by atoms with Crippen molar-refractivity contribution < 1.29 is 0 Å². The van der Waals surface area contributed by atoms with Crippen LogP contribution in [-0.2, 0) is 0 Å². The zero-order valence-electron chi connectivity index (χ0n) is 32.8. The molecule has 2 heteroatoms. The molecule has 0 unspecified atom stereocenters. The highest BCUT2D eigenvalue weighted by atomic mass is 14.9. The summed E-state index contributed by atoms with van der Waals surface area (Å²) in [6, 6.07) is 82.4. The lowest BCUT2D eigenvalue weighted by Gasteiger charge is -2.14. The van der Waals surface area contributed by atoms with Gasteiger partial charge in [0, 0.05) is 16.7 Å². The van der Waals surface area contributed by atoms with E-state index in [9.17, 15) is 0 Å². The van der Waals surface area contributed by atoms with E-state index in [0.717, 1.165) is 33.6 Å². The number of fused-ring (bicyclic) bond motifs is 4. The Morgan fingerprint density at radius 1 is 0.217 bits per heavy atom. The van der Waals surface area contributed by atoms with Crippen molar-refractivity contribution in [2.45, 2.75) is 0 Å². The summed E-state index contributed by atoms with van der Waals surface area (Å²) in [4.78, 5) is 10.2. The second-order valence-corrected chi connectivity index (χ2v) is 15.4. The molecule has 1 aromatic heterocycles. The lowest BCUT2D eigenvalue weighted by Crippen LogP contribution is -1.96. The van der Waals surface area contributed by atoms with Crippen LogP contribution in [0.25, 0.3) is 111 Å². The van der Waals surface area contributed by atoms with E-state index < -0.39 is 0 Å². The Kier molecular flexibility index (Phi) is 8.87. The molecule has 0 fully saturated rings. The quantitative estimate of drug-likeness (QED) is 0.119. The molecule has 60 heavy (non-hydrogen) atoms. The first-order valence-electron chi connectivity index (χ1n) is 20.5. The second kappa shape index (κ2) is 15.1. The van der Waals surface area contributed by atoms with Crippen LogP contribution in [0.4, 0.5) is 0 Å². The fourth-order valence-corrected chi connectivity index (χ4v) is 8.57. The number of rotatable bonds is 7. The molecule has 0 saturated carbocycles. The number of hydrogen-bond donors (Lipinski definition) is 0. The molecule has 2 nitrogen and oxygen atoms in total. The zero-order valence-corrected chi connectivity index (χ0v) is 32.8. The van der Waals surface area contributed by atoms with E-state index in [2.05, 4.69) is 212 Å². The largest absolute Gasteiger partial charge is 0.228 e. The fourth-order valence-electron chi connectivity index (χ4n) is 8.57. The summed E-state index contributed by atoms with van der Waals surface area (Å²) in [5, 5.41) is 7.61. The minimum absolute atomic E-state index is 0.706. The lowest BCUT2D eigenvalue weighted by atomic mass is 9.89. The van der Waals surface area contributed by atoms with Gasteiger partial charge in [0.15, 0.2) is 5.82 Å². The molecular weight excluding hydrogens is 725 g/mol. The summed E-state index contributed by atoms with van der Waals surface area (Å²) >= 11 is 0. The highest BCUT2D eigenvalue weighted by Crippen LogP contribution is 2.40. The predicted octanol–water partition coefficient (Wildman–Crippen LogP) is 15.6. The molecule has 0 aliphatic heterocycles. The van der Waals surface area contributed by atoms with Gasteiger partial charge in [-0.3, -0.25) is 0 Å². The molecular formula is C58H38N2. The van der Waals surface area contributed by atoms with Crippen molar-refractivity contribution in [1.82, 2.24) is 9.97 Å². The van der Waals surface area contributed by atoms with Crippen molar-refractivity contribution in [3.8, 4) is 78.4 Å². The van der Waals surface area contributed by atoms with Crippen molar-refractivity contribution in [2.75, 3.05) is 0 Å². The first kappa shape index (κ1) is 35.2. The Hall–Kier alpha value is -7.94. The molecule has 0 N–H and O–H groups in total. The van der Waals surface area contributed by atoms with Gasteiger partial charge in [-0.2, -0.15) is 0 Å². The van der Waals surface area contributed by atoms with Gasteiger partial charge in [-0.25, -0.2) is 9.97 Å². The Labute approximate surface area is 349 Å². The minimum Gasteiger partial charge on any atom is -0.228 e. The van der Waals surface area contributed by atoms with Gasteiger partial charge in [0.1, 0.15) is 0 Å². The van der Waals surface area contributed by atoms with E-state index in [-0.39, 0.29) is 0 Å². The van der Waals surface area contributed by atoms with E-state index in [1.807, 2.05) is 18.2 Å². The van der Waals surface area contributed by atoms with Gasteiger partial charge in [-0.1, -0.05) is 218 Å². The van der Waals surface area contributed by atoms with Crippen molar-refractivity contribution in [3.63, 3.8) is 0 Å². The summed E-state index contributed by atoms with van der Waals surface area (Å²) in [5.41, 5.74) is 14.4. The second-order valence-electron chi connectivity index (χ2n) is 15.4. The van der Waals surface area contributed by atoms with E-state index in [4.69, 9.17) is 9.97 Å². The van der Waals surface area contributed by atoms with Gasteiger partial charge < -0.3 is 0 Å². The number of benzene rings is 10. The molecule has 0 saturated heterocycles. The summed E-state index contributed by atoms with van der Waals surface area (Å²) in [7, 11) is 0. The molecule has 0 bridgehead atoms. The van der Waals surface area contributed by atoms with E-state index in [0.29, 0.717) is 5.82 Å². The fraction of sp³-hybridized carbons (Fsp3) is 0. The van der Waals surface area contributed by atoms with Crippen LogP contribution in [0.2, 0.25) is 0 Å². The summed E-state index contributed by atoms with van der Waals surface area (Å²) in [6.45, 7) is 0. The number of hydrogen-bond acceptors (Lipinski definition) is 2. The third kappa shape index (κ3) is 6.61. The lowest BCUT2D eigenvalue weighted by molar-refractivity contribution is 1.18. The number of nitrogens with zero attached hydrogens (tertiary/aromatic N) is 2. The van der Waals surface area contributed by atoms with Crippen LogP contribution >= 0.6 is 0 Å². The van der Waals surface area contributed by atoms with Gasteiger partial charge in [0.05, 0.1) is 11.4 Å². The molecule has 11 aromatic rings. The van der Waals surface area contributed by atoms with Gasteiger partial charge in [0.25, 0.3) is 0 Å². The molecule has 1 heterocycles. The molecule has 0 aliphatic carbocycles. The molecule has 0 radical (unpaired) electrons. The Bertz CT molecular complexity index is 3300. The smallest absolute Gasteiger partial charge is 0.160 e. The van der Waals surface area contributed by atoms with Crippen LogP contribution in [-0.4, -0.2) is 9.97 Å². The molecule has 11 rings (SSSR count). The third-order valence-electron chi connectivity index (χ3n) is 11.7. The summed E-state index contributed by atoms with van der Waals surface area (Å²) < 4.78 is 0. The maximum atomic E-state index is 5.10. The monoisotopic (exact) mass is 762 g/mol.